The van der Waals surface area contributed by atoms with Gasteiger partial charge in [0.15, 0.2) is 0 Å². The van der Waals surface area contributed by atoms with Crippen LogP contribution in [0.2, 0.25) is 0 Å². The van der Waals surface area contributed by atoms with Gasteiger partial charge >= 0.3 is 6.18 Å². The van der Waals surface area contributed by atoms with Crippen molar-refractivity contribution in [2.45, 2.75) is 18.6 Å². The molecule has 0 aromatic heterocycles. The van der Waals surface area contributed by atoms with Crippen molar-refractivity contribution >= 4 is 10.2 Å². The highest BCUT2D eigenvalue weighted by molar-refractivity contribution is 7.86. The van der Waals surface area contributed by atoms with Crippen molar-refractivity contribution in [3.8, 4) is 0 Å². The largest absolute Gasteiger partial charge is 0.416 e. The molecular formula is C14H17F5N2O3S. The molecule has 5 nitrogen and oxygen atoms in total. The van der Waals surface area contributed by atoms with Crippen molar-refractivity contribution in [2.75, 3.05) is 33.4 Å². The molecule has 1 fully saturated rings. The first-order valence-corrected chi connectivity index (χ1v) is 8.71. The molecule has 1 saturated heterocycles. The van der Waals surface area contributed by atoms with E-state index < -0.39 is 34.4 Å². The summed E-state index contributed by atoms with van der Waals surface area (Å²) < 4.78 is 96.3. The summed E-state index contributed by atoms with van der Waals surface area (Å²) in [5.41, 5.74) is -1.22. The van der Waals surface area contributed by atoms with E-state index in [9.17, 15) is 30.4 Å². The highest BCUT2D eigenvalue weighted by atomic mass is 32.2. The van der Waals surface area contributed by atoms with Crippen LogP contribution in [-0.4, -0.2) is 56.8 Å². The molecule has 1 aliphatic heterocycles. The molecule has 0 amide bonds. The zero-order valence-electron chi connectivity index (χ0n) is 13.2. The molecule has 0 spiro atoms. The Kier molecular flexibility index (Phi) is 6.02. The normalized spacial score (nSPS) is 18.7. The third-order valence-electron chi connectivity index (χ3n) is 3.87. The number of hydrogen-bond donors (Lipinski definition) is 0. The smallest absolute Gasteiger partial charge is 0.379 e. The lowest BCUT2D eigenvalue weighted by Crippen LogP contribution is -2.49. The fourth-order valence-corrected chi connectivity index (χ4v) is 3.96. The van der Waals surface area contributed by atoms with Crippen molar-refractivity contribution in [3.63, 3.8) is 0 Å². The van der Waals surface area contributed by atoms with Gasteiger partial charge in [0.05, 0.1) is 18.8 Å². The van der Waals surface area contributed by atoms with Gasteiger partial charge in [-0.1, -0.05) is 12.1 Å². The summed E-state index contributed by atoms with van der Waals surface area (Å²) in [6.07, 6.45) is -7.72. The molecule has 0 saturated carbocycles. The first-order valence-electron chi connectivity index (χ1n) is 7.31. The Bertz CT molecular complexity index is 673. The number of benzene rings is 1. The van der Waals surface area contributed by atoms with Crippen LogP contribution in [0.15, 0.2) is 24.3 Å². The van der Waals surface area contributed by atoms with Crippen LogP contribution in [0.4, 0.5) is 22.0 Å². The van der Waals surface area contributed by atoms with E-state index in [2.05, 4.69) is 0 Å². The van der Waals surface area contributed by atoms with E-state index in [-0.39, 0.29) is 31.9 Å². The standard InChI is InChI=1S/C14H17F5N2O3S/c1-20(25(22,23)21-6-8-24-9-7-21)12(13(15)16)10-2-4-11(5-3-10)14(17,18)19/h2-5,12-13H,6-9H2,1H3/t12-/m1/s1. The van der Waals surface area contributed by atoms with Gasteiger partial charge in [-0.3, -0.25) is 0 Å². The van der Waals surface area contributed by atoms with Gasteiger partial charge in [-0.2, -0.15) is 30.2 Å². The average molecular weight is 388 g/mol. The molecule has 2 rings (SSSR count). The fraction of sp³-hybridized carbons (Fsp3) is 0.571. The van der Waals surface area contributed by atoms with Gasteiger partial charge < -0.3 is 4.74 Å². The molecule has 142 valence electrons. The number of rotatable bonds is 5. The number of morpholine rings is 1. The molecule has 0 aliphatic carbocycles. The lowest BCUT2D eigenvalue weighted by molar-refractivity contribution is -0.137. The molecule has 0 bridgehead atoms. The molecule has 1 aromatic carbocycles. The van der Waals surface area contributed by atoms with Crippen molar-refractivity contribution in [1.82, 2.24) is 8.61 Å². The SMILES string of the molecule is CN([C@H](c1ccc(C(F)(F)F)cc1)C(F)F)S(=O)(=O)N1CCOCC1. The van der Waals surface area contributed by atoms with Gasteiger partial charge in [-0.15, -0.1) is 0 Å². The molecule has 1 heterocycles. The van der Waals surface area contributed by atoms with E-state index in [0.717, 1.165) is 23.5 Å². The second kappa shape index (κ2) is 7.52. The molecule has 0 unspecified atom stereocenters. The van der Waals surface area contributed by atoms with Crippen LogP contribution in [0, 0.1) is 0 Å². The predicted molar refractivity (Wildman–Crippen MR) is 79.3 cm³/mol. The van der Waals surface area contributed by atoms with Crippen LogP contribution in [0.1, 0.15) is 17.2 Å². The highest BCUT2D eigenvalue weighted by Crippen LogP contribution is 2.33. The predicted octanol–water partition coefficient (Wildman–Crippen LogP) is 2.52. The maximum absolute atomic E-state index is 13.5. The summed E-state index contributed by atoms with van der Waals surface area (Å²) >= 11 is 0. The van der Waals surface area contributed by atoms with Gasteiger partial charge in [-0.05, 0) is 17.7 Å². The summed E-state index contributed by atoms with van der Waals surface area (Å²) in [4.78, 5) is 0. The molecule has 0 N–H and O–H groups in total. The second-order valence-electron chi connectivity index (χ2n) is 5.43. The van der Waals surface area contributed by atoms with E-state index in [4.69, 9.17) is 4.74 Å². The minimum atomic E-state index is -4.61. The Balaban J connectivity index is 2.30. The minimum Gasteiger partial charge on any atom is -0.379 e. The average Bonchev–Trinajstić information content (AvgIpc) is 2.55. The zero-order chi connectivity index (χ0) is 18.8. The van der Waals surface area contributed by atoms with Gasteiger partial charge in [0.2, 0.25) is 0 Å². The Morgan fingerprint density at radius 2 is 1.64 bits per heavy atom. The lowest BCUT2D eigenvalue weighted by atomic mass is 10.1. The number of hydrogen-bond acceptors (Lipinski definition) is 3. The van der Waals surface area contributed by atoms with Crippen LogP contribution in [0.3, 0.4) is 0 Å². The Morgan fingerprint density at radius 3 is 2.08 bits per heavy atom. The van der Waals surface area contributed by atoms with Crippen LogP contribution < -0.4 is 0 Å². The molecular weight excluding hydrogens is 371 g/mol. The van der Waals surface area contributed by atoms with Crippen molar-refractivity contribution < 1.29 is 35.1 Å². The molecule has 1 aromatic rings. The van der Waals surface area contributed by atoms with Crippen molar-refractivity contribution in [3.05, 3.63) is 35.4 Å². The van der Waals surface area contributed by atoms with Gasteiger partial charge in [0.1, 0.15) is 6.04 Å². The van der Waals surface area contributed by atoms with Gasteiger partial charge in [-0.25, -0.2) is 8.78 Å². The molecule has 1 aliphatic rings. The Hall–Kier alpha value is -1.30. The van der Waals surface area contributed by atoms with Crippen molar-refractivity contribution in [1.29, 1.82) is 0 Å². The summed E-state index contributed by atoms with van der Waals surface area (Å²) in [5.74, 6) is 0. The number of nitrogens with zero attached hydrogens (tertiary/aromatic N) is 2. The summed E-state index contributed by atoms with van der Waals surface area (Å²) in [5, 5.41) is 0. The van der Waals surface area contributed by atoms with Crippen LogP contribution in [0.25, 0.3) is 0 Å². The topological polar surface area (TPSA) is 49.9 Å². The zero-order valence-corrected chi connectivity index (χ0v) is 14.0. The van der Waals surface area contributed by atoms with E-state index in [1.54, 1.807) is 0 Å². The number of alkyl halides is 5. The monoisotopic (exact) mass is 388 g/mol. The third-order valence-corrected chi connectivity index (χ3v) is 5.84. The maximum atomic E-state index is 13.5. The molecule has 0 radical (unpaired) electrons. The quantitative estimate of drug-likeness (QED) is 0.729. The van der Waals surface area contributed by atoms with Crippen molar-refractivity contribution in [2.24, 2.45) is 0 Å². The molecule has 1 atom stereocenters. The van der Waals surface area contributed by atoms with E-state index in [0.29, 0.717) is 16.4 Å². The highest BCUT2D eigenvalue weighted by Gasteiger charge is 2.39. The third kappa shape index (κ3) is 4.46. The van der Waals surface area contributed by atoms with Gasteiger partial charge in [0, 0.05) is 20.1 Å². The van der Waals surface area contributed by atoms with E-state index in [1.165, 1.54) is 0 Å². The fourth-order valence-electron chi connectivity index (χ4n) is 2.49. The Labute approximate surface area is 142 Å². The minimum absolute atomic E-state index is 0.0235. The first-order chi connectivity index (χ1) is 11.5. The molecule has 11 heteroatoms. The van der Waals surface area contributed by atoms with Crippen LogP contribution >= 0.6 is 0 Å². The van der Waals surface area contributed by atoms with Gasteiger partial charge in [0.25, 0.3) is 16.6 Å². The molecule has 25 heavy (non-hydrogen) atoms. The lowest BCUT2D eigenvalue weighted by Gasteiger charge is -2.34. The summed E-state index contributed by atoms with van der Waals surface area (Å²) in [6.45, 7) is 0.338. The second-order valence-corrected chi connectivity index (χ2v) is 7.42. The number of halogens is 5. The van der Waals surface area contributed by atoms with E-state index >= 15 is 0 Å². The summed E-state index contributed by atoms with van der Waals surface area (Å²) in [7, 11) is -3.22. The van der Waals surface area contributed by atoms with Crippen LogP contribution in [-0.2, 0) is 21.1 Å². The summed E-state index contributed by atoms with van der Waals surface area (Å²) in [6, 6.07) is 1.14. The van der Waals surface area contributed by atoms with Crippen LogP contribution in [0.5, 0.6) is 0 Å². The van der Waals surface area contributed by atoms with E-state index in [1.807, 2.05) is 0 Å². The number of ether oxygens (including phenoxy) is 1. The maximum Gasteiger partial charge on any atom is 0.416 e. The Morgan fingerprint density at radius 1 is 1.12 bits per heavy atom. The first kappa shape index (κ1) is 20.0.